The van der Waals surface area contributed by atoms with E-state index in [2.05, 4.69) is 30.9 Å². The highest BCUT2D eigenvalue weighted by atomic mass is 16.5. The quantitative estimate of drug-likeness (QED) is 0.267. The van der Waals surface area contributed by atoms with Crippen molar-refractivity contribution in [3.8, 4) is 23.0 Å². The molecule has 0 saturated heterocycles. The number of ether oxygens (including phenoxy) is 2. The summed E-state index contributed by atoms with van der Waals surface area (Å²) in [5.41, 5.74) is 0.509. The maximum atomic E-state index is 10.4. The van der Waals surface area contributed by atoms with E-state index in [1.807, 2.05) is 13.0 Å². The Morgan fingerprint density at radius 3 is 2.25 bits per heavy atom. The van der Waals surface area contributed by atoms with Gasteiger partial charge in [-0.25, -0.2) is 0 Å². The molecule has 0 bridgehead atoms. The molecule has 0 unspecified atom stereocenters. The second kappa shape index (κ2) is 14.7. The second-order valence-corrected chi connectivity index (χ2v) is 6.70. The maximum absolute atomic E-state index is 10.4. The lowest BCUT2D eigenvalue weighted by Gasteiger charge is -2.15. The van der Waals surface area contributed by atoms with E-state index in [1.165, 1.54) is 26.0 Å². The van der Waals surface area contributed by atoms with Gasteiger partial charge in [0.2, 0.25) is 0 Å². The topological polar surface area (TPSA) is 58.9 Å². The lowest BCUT2D eigenvalue weighted by Crippen LogP contribution is -1.98. The molecular formula is C24H36O4. The van der Waals surface area contributed by atoms with Crippen molar-refractivity contribution in [2.24, 2.45) is 0 Å². The molecule has 4 heteroatoms. The van der Waals surface area contributed by atoms with Gasteiger partial charge < -0.3 is 19.7 Å². The van der Waals surface area contributed by atoms with Crippen molar-refractivity contribution in [1.82, 2.24) is 0 Å². The lowest BCUT2D eigenvalue weighted by atomic mass is 10.0. The van der Waals surface area contributed by atoms with Gasteiger partial charge in [-0.3, -0.25) is 0 Å². The van der Waals surface area contributed by atoms with Gasteiger partial charge in [0.15, 0.2) is 23.0 Å². The average Bonchev–Trinajstić information content (AvgIpc) is 2.70. The van der Waals surface area contributed by atoms with E-state index in [0.717, 1.165) is 38.5 Å². The standard InChI is InChI=1S/C24H36O4/c1-4-6-7-8-9-10-11-12-13-14-15-16-17-18-20-23(25)21(27-3)19-22(24(20)26)28-5-2/h4,7-8,10-11,19,25-26H,1,5-6,9,12-18H2,2-3H3/b8-7-,11-10-. The molecule has 2 N–H and O–H groups in total. The minimum absolute atomic E-state index is 0.00994. The van der Waals surface area contributed by atoms with Crippen LogP contribution in [0.1, 0.15) is 63.9 Å². The first-order valence-electron chi connectivity index (χ1n) is 10.3. The highest BCUT2D eigenvalue weighted by Crippen LogP contribution is 2.43. The largest absolute Gasteiger partial charge is 0.504 e. The third kappa shape index (κ3) is 8.55. The fraction of sp³-hybridized carbons (Fsp3) is 0.500. The zero-order valence-electron chi connectivity index (χ0n) is 17.5. The van der Waals surface area contributed by atoms with Crippen molar-refractivity contribution in [1.29, 1.82) is 0 Å². The van der Waals surface area contributed by atoms with Crippen LogP contribution in [-0.4, -0.2) is 23.9 Å². The van der Waals surface area contributed by atoms with Crippen molar-refractivity contribution in [3.05, 3.63) is 48.6 Å². The molecule has 0 heterocycles. The number of rotatable bonds is 15. The molecule has 1 aromatic carbocycles. The Morgan fingerprint density at radius 2 is 1.54 bits per heavy atom. The monoisotopic (exact) mass is 388 g/mol. The Hall–Kier alpha value is -2.36. The molecule has 0 spiro atoms. The summed E-state index contributed by atoms with van der Waals surface area (Å²) in [6.45, 7) is 5.99. The van der Waals surface area contributed by atoms with Crippen LogP contribution < -0.4 is 9.47 Å². The highest BCUT2D eigenvalue weighted by Gasteiger charge is 2.18. The number of phenols is 2. The second-order valence-electron chi connectivity index (χ2n) is 6.70. The number of aromatic hydroxyl groups is 2. The summed E-state index contributed by atoms with van der Waals surface area (Å²) >= 11 is 0. The van der Waals surface area contributed by atoms with E-state index in [1.54, 1.807) is 0 Å². The van der Waals surface area contributed by atoms with Crippen LogP contribution >= 0.6 is 0 Å². The van der Waals surface area contributed by atoms with Crippen molar-refractivity contribution in [3.63, 3.8) is 0 Å². The Balaban J connectivity index is 2.30. The van der Waals surface area contributed by atoms with Crippen LogP contribution in [0, 0.1) is 0 Å². The molecule has 1 rings (SSSR count). The van der Waals surface area contributed by atoms with Crippen LogP contribution in [0.2, 0.25) is 0 Å². The Morgan fingerprint density at radius 1 is 0.893 bits per heavy atom. The van der Waals surface area contributed by atoms with E-state index in [0.29, 0.717) is 30.1 Å². The van der Waals surface area contributed by atoms with Gasteiger partial charge in [0, 0.05) is 11.6 Å². The number of benzene rings is 1. The SMILES string of the molecule is C=CC/C=C\C/C=C\CCCCCCCc1c(O)c(OC)cc(OCC)c1O. The molecule has 0 radical (unpaired) electrons. The van der Waals surface area contributed by atoms with Crippen molar-refractivity contribution < 1.29 is 19.7 Å². The summed E-state index contributed by atoms with van der Waals surface area (Å²) in [4.78, 5) is 0. The van der Waals surface area contributed by atoms with E-state index >= 15 is 0 Å². The van der Waals surface area contributed by atoms with Crippen molar-refractivity contribution >= 4 is 0 Å². The first-order chi connectivity index (χ1) is 13.7. The molecule has 0 saturated carbocycles. The van der Waals surface area contributed by atoms with Crippen molar-refractivity contribution in [2.75, 3.05) is 13.7 Å². The number of unbranched alkanes of at least 4 members (excludes halogenated alkanes) is 5. The van der Waals surface area contributed by atoms with Crippen LogP contribution in [-0.2, 0) is 6.42 Å². The van der Waals surface area contributed by atoms with Crippen LogP contribution in [0.5, 0.6) is 23.0 Å². The number of allylic oxidation sites excluding steroid dienone is 5. The Labute approximate surface area is 170 Å². The summed E-state index contributed by atoms with van der Waals surface area (Å²) in [6.07, 6.45) is 19.8. The normalized spacial score (nSPS) is 11.4. The van der Waals surface area contributed by atoms with Gasteiger partial charge in [0.1, 0.15) is 0 Å². The molecule has 0 aliphatic carbocycles. The molecule has 0 aromatic heterocycles. The predicted molar refractivity (Wildman–Crippen MR) is 117 cm³/mol. The van der Waals surface area contributed by atoms with Gasteiger partial charge in [0.05, 0.1) is 13.7 Å². The molecule has 0 fully saturated rings. The van der Waals surface area contributed by atoms with E-state index in [9.17, 15) is 10.2 Å². The predicted octanol–water partition coefficient (Wildman–Crippen LogP) is 6.47. The van der Waals surface area contributed by atoms with Gasteiger partial charge in [0.25, 0.3) is 0 Å². The molecular weight excluding hydrogens is 352 g/mol. The number of methoxy groups -OCH3 is 1. The first-order valence-corrected chi connectivity index (χ1v) is 10.3. The maximum Gasteiger partial charge on any atom is 0.165 e. The fourth-order valence-electron chi connectivity index (χ4n) is 3.00. The van der Waals surface area contributed by atoms with Gasteiger partial charge in [-0.2, -0.15) is 0 Å². The summed E-state index contributed by atoms with van der Waals surface area (Å²) < 4.78 is 10.6. The van der Waals surface area contributed by atoms with Crippen LogP contribution in [0.3, 0.4) is 0 Å². The molecule has 0 atom stereocenters. The third-order valence-corrected chi connectivity index (χ3v) is 4.53. The van der Waals surface area contributed by atoms with E-state index in [-0.39, 0.29) is 11.5 Å². The smallest absolute Gasteiger partial charge is 0.165 e. The molecule has 28 heavy (non-hydrogen) atoms. The number of phenolic OH excluding ortho intramolecular Hbond substituents is 2. The zero-order chi connectivity index (χ0) is 20.6. The first kappa shape index (κ1) is 23.7. The number of hydrogen-bond donors (Lipinski definition) is 2. The Kier molecular flexibility index (Phi) is 12.4. The lowest BCUT2D eigenvalue weighted by molar-refractivity contribution is 0.306. The van der Waals surface area contributed by atoms with Gasteiger partial charge in [-0.05, 0) is 45.4 Å². The highest BCUT2D eigenvalue weighted by molar-refractivity contribution is 5.59. The third-order valence-electron chi connectivity index (χ3n) is 4.53. The molecule has 0 aliphatic rings. The van der Waals surface area contributed by atoms with Crippen molar-refractivity contribution in [2.45, 2.75) is 64.7 Å². The van der Waals surface area contributed by atoms with Gasteiger partial charge in [-0.1, -0.05) is 49.6 Å². The Bertz CT molecular complexity index is 632. The van der Waals surface area contributed by atoms with Crippen LogP contribution in [0.15, 0.2) is 43.0 Å². The van der Waals surface area contributed by atoms with E-state index < -0.39 is 0 Å². The summed E-state index contributed by atoms with van der Waals surface area (Å²) in [6, 6.07) is 1.53. The summed E-state index contributed by atoms with van der Waals surface area (Å²) in [5, 5.41) is 20.6. The zero-order valence-corrected chi connectivity index (χ0v) is 17.5. The fourth-order valence-corrected chi connectivity index (χ4v) is 3.00. The summed E-state index contributed by atoms with van der Waals surface area (Å²) in [7, 11) is 1.50. The average molecular weight is 389 g/mol. The van der Waals surface area contributed by atoms with Crippen LogP contribution in [0.4, 0.5) is 0 Å². The molecule has 0 amide bonds. The minimum atomic E-state index is 0.00994. The molecule has 4 nitrogen and oxygen atoms in total. The molecule has 0 aliphatic heterocycles. The molecule has 1 aromatic rings. The van der Waals surface area contributed by atoms with E-state index in [4.69, 9.17) is 9.47 Å². The van der Waals surface area contributed by atoms with Crippen LogP contribution in [0.25, 0.3) is 0 Å². The number of hydrogen-bond acceptors (Lipinski definition) is 4. The minimum Gasteiger partial charge on any atom is -0.504 e. The van der Waals surface area contributed by atoms with Gasteiger partial charge >= 0.3 is 0 Å². The molecule has 156 valence electrons. The summed E-state index contributed by atoms with van der Waals surface area (Å²) in [5.74, 6) is 0.726. The van der Waals surface area contributed by atoms with Gasteiger partial charge in [-0.15, -0.1) is 6.58 Å².